The van der Waals surface area contributed by atoms with Gasteiger partial charge in [0.05, 0.1) is 0 Å². The van der Waals surface area contributed by atoms with Crippen LogP contribution >= 0.6 is 0 Å². The second-order valence-corrected chi connectivity index (χ2v) is 13.5. The van der Waals surface area contributed by atoms with E-state index in [1.54, 1.807) is 10.8 Å². The number of hydrogen-bond donors (Lipinski definition) is 0. The van der Waals surface area contributed by atoms with Crippen LogP contribution in [0.15, 0.2) is 35.1 Å². The summed E-state index contributed by atoms with van der Waals surface area (Å²) >= 11 is 0. The topological polar surface area (TPSA) is 17.3 Å². The molecular weight excluding hydrogens is 392 g/mol. The molecule has 0 N–H and O–H groups in total. The van der Waals surface area contributed by atoms with Crippen LogP contribution in [-0.2, 0) is 21.7 Å². The first-order valence-corrected chi connectivity index (χ1v) is 12.6. The van der Waals surface area contributed by atoms with Gasteiger partial charge >= 0.3 is 21.7 Å². The van der Waals surface area contributed by atoms with Crippen LogP contribution in [-0.4, -0.2) is 37.8 Å². The summed E-state index contributed by atoms with van der Waals surface area (Å²) in [6, 6.07) is 0.596. The van der Waals surface area contributed by atoms with Gasteiger partial charge < -0.3 is 27.3 Å². The molecule has 2 nitrogen and oxygen atoms in total. The molecule has 3 rings (SSSR count). The predicted molar refractivity (Wildman–Crippen MR) is 127 cm³/mol. The summed E-state index contributed by atoms with van der Waals surface area (Å²) < 4.78 is 0. The summed E-state index contributed by atoms with van der Waals surface area (Å²) in [6.45, 7) is 16.6. The molecular formula is C24H44N2SiTi. The molecule has 0 saturated carbocycles. The molecule has 0 radical (unpaired) electrons. The fourth-order valence-electron chi connectivity index (χ4n) is 5.42. The summed E-state index contributed by atoms with van der Waals surface area (Å²) in [6.07, 6.45) is 14.6. The van der Waals surface area contributed by atoms with Crippen molar-refractivity contribution in [1.82, 2.24) is 4.90 Å². The van der Waals surface area contributed by atoms with Gasteiger partial charge in [0.25, 0.3) is 0 Å². The molecule has 1 fully saturated rings. The SMILES string of the molecule is CC1=C([Si](C)(C)[N-]C(C)(C)C)CC2(C=CC=CC2)C1N1CCCC1.[CH3-].[CH3-].[CH3-].[Ti+4]. The molecule has 2 aliphatic carbocycles. The molecule has 158 valence electrons. The fraction of sp³-hybridized carbons (Fsp3) is 0.625. The van der Waals surface area contributed by atoms with Crippen molar-refractivity contribution in [2.24, 2.45) is 5.41 Å². The van der Waals surface area contributed by atoms with Crippen molar-refractivity contribution in [3.05, 3.63) is 62.3 Å². The maximum absolute atomic E-state index is 5.33. The standard InChI is InChI=1S/C21H35N2Si.3CH3.Ti/c1-17-18(24(5,6)22-20(2,3)4)16-21(12-8-7-9-13-21)19(17)23-14-10-11-15-23;;;;/h7-9,12,19H,10-11,13-16H2,1-6H3;3*1H3;/q4*-1;+4. The third-order valence-electron chi connectivity index (χ3n) is 5.97. The van der Waals surface area contributed by atoms with Crippen molar-refractivity contribution in [2.75, 3.05) is 13.1 Å². The van der Waals surface area contributed by atoms with E-state index in [0.29, 0.717) is 6.04 Å². The Labute approximate surface area is 193 Å². The van der Waals surface area contributed by atoms with Crippen LogP contribution in [0.1, 0.15) is 53.4 Å². The van der Waals surface area contributed by atoms with E-state index in [9.17, 15) is 0 Å². The zero-order valence-corrected chi connectivity index (χ0v) is 22.6. The minimum Gasteiger partial charge on any atom is -0.656 e. The quantitative estimate of drug-likeness (QED) is 0.346. The number of likely N-dealkylation sites (tertiary alicyclic amines) is 1. The van der Waals surface area contributed by atoms with Crippen molar-refractivity contribution in [2.45, 2.75) is 78.1 Å². The van der Waals surface area contributed by atoms with Gasteiger partial charge in [-0.05, 0) is 53.9 Å². The van der Waals surface area contributed by atoms with Crippen LogP contribution < -0.4 is 0 Å². The van der Waals surface area contributed by atoms with Crippen LogP contribution in [0.4, 0.5) is 0 Å². The Bertz CT molecular complexity index is 580. The van der Waals surface area contributed by atoms with E-state index in [1.807, 2.05) is 0 Å². The van der Waals surface area contributed by atoms with E-state index in [1.165, 1.54) is 38.8 Å². The molecule has 1 aliphatic heterocycles. The van der Waals surface area contributed by atoms with Gasteiger partial charge in [0, 0.05) is 11.5 Å². The summed E-state index contributed by atoms with van der Waals surface area (Å²) in [5.41, 5.74) is 2.00. The van der Waals surface area contributed by atoms with Gasteiger partial charge in [-0.15, -0.1) is 10.7 Å². The zero-order valence-electron chi connectivity index (χ0n) is 20.0. The minimum absolute atomic E-state index is 0. The van der Waals surface area contributed by atoms with Gasteiger partial charge in [0.15, 0.2) is 0 Å². The monoisotopic (exact) mass is 436 g/mol. The van der Waals surface area contributed by atoms with Gasteiger partial charge in [0.2, 0.25) is 0 Å². The first-order valence-electron chi connectivity index (χ1n) is 9.67. The average Bonchev–Trinajstić information content (AvgIpc) is 3.05. The molecule has 0 aromatic rings. The molecule has 0 bridgehead atoms. The predicted octanol–water partition coefficient (Wildman–Crippen LogP) is 6.94. The third kappa shape index (κ3) is 6.04. The summed E-state index contributed by atoms with van der Waals surface area (Å²) in [4.78, 5) is 8.10. The van der Waals surface area contributed by atoms with Gasteiger partial charge in [-0.1, -0.05) is 63.7 Å². The van der Waals surface area contributed by atoms with E-state index >= 15 is 0 Å². The molecule has 0 amide bonds. The number of allylic oxidation sites excluding steroid dienone is 4. The molecule has 1 spiro atoms. The van der Waals surface area contributed by atoms with Crippen LogP contribution in [0, 0.1) is 27.7 Å². The Hall–Kier alpha value is 0.0712. The maximum Gasteiger partial charge on any atom is 4.00 e. The zero-order chi connectivity index (χ0) is 17.6. The number of nitrogens with zero attached hydrogens (tertiary/aromatic N) is 2. The van der Waals surface area contributed by atoms with Gasteiger partial charge in [-0.25, -0.2) is 0 Å². The first-order chi connectivity index (χ1) is 11.1. The second kappa shape index (κ2) is 10.9. The molecule has 1 saturated heterocycles. The van der Waals surface area contributed by atoms with E-state index in [-0.39, 0.29) is 55.0 Å². The molecule has 2 unspecified atom stereocenters. The first kappa shape index (κ1) is 30.3. The van der Waals surface area contributed by atoms with Crippen molar-refractivity contribution >= 4 is 8.24 Å². The Kier molecular flexibility index (Phi) is 11.8. The minimum atomic E-state index is -1.75. The van der Waals surface area contributed by atoms with Crippen LogP contribution in [0.25, 0.3) is 4.98 Å². The molecule has 0 aromatic heterocycles. The van der Waals surface area contributed by atoms with E-state index in [4.69, 9.17) is 4.98 Å². The Morgan fingerprint density at radius 3 is 2.11 bits per heavy atom. The van der Waals surface area contributed by atoms with Gasteiger partial charge in [-0.2, -0.15) is 0 Å². The van der Waals surface area contributed by atoms with Crippen molar-refractivity contribution in [3.63, 3.8) is 0 Å². The van der Waals surface area contributed by atoms with Gasteiger partial charge in [-0.3, -0.25) is 4.90 Å². The molecule has 4 heteroatoms. The van der Waals surface area contributed by atoms with Crippen LogP contribution in [0.2, 0.25) is 13.1 Å². The van der Waals surface area contributed by atoms with Gasteiger partial charge in [0.1, 0.15) is 0 Å². The maximum atomic E-state index is 5.33. The third-order valence-corrected chi connectivity index (χ3v) is 9.25. The smallest absolute Gasteiger partial charge is 0.656 e. The van der Waals surface area contributed by atoms with Crippen molar-refractivity contribution in [1.29, 1.82) is 0 Å². The summed E-state index contributed by atoms with van der Waals surface area (Å²) in [5, 5.41) is 1.72. The normalized spacial score (nSPS) is 27.1. The fourth-order valence-corrected chi connectivity index (χ4v) is 9.09. The molecule has 2 atom stereocenters. The second-order valence-electron chi connectivity index (χ2n) is 9.55. The molecule has 3 aliphatic rings. The Morgan fingerprint density at radius 2 is 1.64 bits per heavy atom. The molecule has 0 aromatic carbocycles. The average molecular weight is 437 g/mol. The Balaban J connectivity index is 0. The number of hydrogen-bond acceptors (Lipinski definition) is 1. The van der Waals surface area contributed by atoms with Crippen molar-refractivity contribution in [3.8, 4) is 0 Å². The van der Waals surface area contributed by atoms with E-state index in [2.05, 4.69) is 70.0 Å². The number of rotatable bonds is 3. The largest absolute Gasteiger partial charge is 4.00 e. The molecule has 1 heterocycles. The van der Waals surface area contributed by atoms with Crippen LogP contribution in [0.5, 0.6) is 0 Å². The van der Waals surface area contributed by atoms with E-state index < -0.39 is 8.24 Å². The Morgan fingerprint density at radius 1 is 1.07 bits per heavy atom. The summed E-state index contributed by atoms with van der Waals surface area (Å²) in [5.74, 6) is 0. The van der Waals surface area contributed by atoms with E-state index in [0.717, 1.165) is 0 Å². The summed E-state index contributed by atoms with van der Waals surface area (Å²) in [7, 11) is -1.75. The van der Waals surface area contributed by atoms with Crippen molar-refractivity contribution < 1.29 is 21.7 Å². The van der Waals surface area contributed by atoms with Crippen LogP contribution in [0.3, 0.4) is 0 Å². The molecule has 28 heavy (non-hydrogen) atoms.